The highest BCUT2D eigenvalue weighted by Crippen LogP contribution is 2.47. The van der Waals surface area contributed by atoms with Crippen molar-refractivity contribution in [3.05, 3.63) is 18.2 Å². The van der Waals surface area contributed by atoms with Crippen molar-refractivity contribution in [1.29, 1.82) is 0 Å². The molecule has 0 radical (unpaired) electrons. The minimum absolute atomic E-state index is 0.0968. The molecule has 1 N–H and O–H groups in total. The van der Waals surface area contributed by atoms with Crippen LogP contribution in [0.4, 0.5) is 5.69 Å². The van der Waals surface area contributed by atoms with Crippen molar-refractivity contribution in [2.45, 2.75) is 68.4 Å². The maximum Gasteiger partial charge on any atom is 0.251 e. The fourth-order valence-corrected chi connectivity index (χ4v) is 5.02. The number of benzene rings is 1. The number of hydrogen-bond acceptors (Lipinski definition) is 7. The number of carbonyl (C=O) groups excluding carboxylic acids is 1. The first-order valence-electron chi connectivity index (χ1n) is 9.93. The molecule has 148 valence electrons. The summed E-state index contributed by atoms with van der Waals surface area (Å²) in [6, 6.07) is 5.91. The van der Waals surface area contributed by atoms with Gasteiger partial charge in [-0.15, -0.1) is 5.10 Å². The summed E-state index contributed by atoms with van der Waals surface area (Å²) in [6.07, 6.45) is 8.68. The van der Waals surface area contributed by atoms with Crippen LogP contribution >= 0.6 is 11.8 Å². The van der Waals surface area contributed by atoms with Gasteiger partial charge in [-0.1, -0.05) is 24.6 Å². The smallest absolute Gasteiger partial charge is 0.251 e. The van der Waals surface area contributed by atoms with Gasteiger partial charge in [0.2, 0.25) is 11.1 Å². The van der Waals surface area contributed by atoms with Crippen molar-refractivity contribution in [2.75, 3.05) is 11.1 Å². The summed E-state index contributed by atoms with van der Waals surface area (Å²) in [5.74, 6) is 1.13. The Morgan fingerprint density at radius 2 is 1.96 bits per heavy atom. The fourth-order valence-electron chi connectivity index (χ4n) is 4.27. The first-order chi connectivity index (χ1) is 13.7. The third kappa shape index (κ3) is 3.43. The van der Waals surface area contributed by atoms with E-state index >= 15 is 0 Å². The lowest BCUT2D eigenvalue weighted by atomic mass is 10.2. The molecule has 0 unspecified atom stereocenters. The Bertz CT molecular complexity index is 874. The predicted octanol–water partition coefficient (Wildman–Crippen LogP) is 3.56. The highest BCUT2D eigenvalue weighted by atomic mass is 32.2. The van der Waals surface area contributed by atoms with Crippen molar-refractivity contribution in [3.63, 3.8) is 0 Å². The summed E-state index contributed by atoms with van der Waals surface area (Å²) in [5.41, 5.74) is 0.707. The van der Waals surface area contributed by atoms with Crippen molar-refractivity contribution >= 4 is 23.4 Å². The van der Waals surface area contributed by atoms with Gasteiger partial charge in [-0.25, -0.2) is 4.68 Å². The van der Waals surface area contributed by atoms with E-state index in [1.807, 2.05) is 22.9 Å². The molecule has 1 spiro atoms. The lowest BCUT2D eigenvalue weighted by Gasteiger charge is -2.21. The second kappa shape index (κ2) is 7.27. The lowest BCUT2D eigenvalue weighted by molar-refractivity contribution is -0.113. The molecule has 2 fully saturated rings. The van der Waals surface area contributed by atoms with Crippen LogP contribution < -0.4 is 14.8 Å². The molecule has 28 heavy (non-hydrogen) atoms. The third-order valence-corrected chi connectivity index (χ3v) is 6.58. The number of fused-ring (bicyclic) bond motifs is 1. The zero-order valence-corrected chi connectivity index (χ0v) is 16.4. The quantitative estimate of drug-likeness (QED) is 0.766. The van der Waals surface area contributed by atoms with Gasteiger partial charge in [0.05, 0.1) is 11.8 Å². The second-order valence-corrected chi connectivity index (χ2v) is 8.61. The zero-order chi connectivity index (χ0) is 19.0. The van der Waals surface area contributed by atoms with Crippen LogP contribution in [0.2, 0.25) is 0 Å². The van der Waals surface area contributed by atoms with Crippen LogP contribution in [0.3, 0.4) is 0 Å². The number of rotatable bonds is 5. The molecule has 2 aliphatic carbocycles. The number of amides is 1. The Morgan fingerprint density at radius 1 is 1.18 bits per heavy atom. The molecule has 0 bridgehead atoms. The number of anilines is 1. The van der Waals surface area contributed by atoms with Gasteiger partial charge in [0.25, 0.3) is 5.79 Å². The van der Waals surface area contributed by atoms with Crippen molar-refractivity contribution in [2.24, 2.45) is 0 Å². The molecular formula is C19H23N5O3S. The molecule has 2 saturated carbocycles. The Hall–Kier alpha value is -2.29. The highest BCUT2D eigenvalue weighted by molar-refractivity contribution is 7.99. The van der Waals surface area contributed by atoms with Gasteiger partial charge in [0.15, 0.2) is 11.5 Å². The molecule has 1 amide bonds. The van der Waals surface area contributed by atoms with E-state index in [2.05, 4.69) is 20.8 Å². The van der Waals surface area contributed by atoms with Gasteiger partial charge in [-0.05, 0) is 48.2 Å². The average molecular weight is 401 g/mol. The Labute approximate surface area is 167 Å². The number of carbonyl (C=O) groups is 1. The van der Waals surface area contributed by atoms with E-state index in [4.69, 9.17) is 9.47 Å². The lowest BCUT2D eigenvalue weighted by Crippen LogP contribution is -2.34. The van der Waals surface area contributed by atoms with Gasteiger partial charge in [0, 0.05) is 24.6 Å². The number of ether oxygens (including phenoxy) is 2. The van der Waals surface area contributed by atoms with Gasteiger partial charge >= 0.3 is 0 Å². The highest BCUT2D eigenvalue weighted by Gasteiger charge is 2.44. The van der Waals surface area contributed by atoms with Crippen molar-refractivity contribution in [3.8, 4) is 11.5 Å². The molecule has 0 saturated heterocycles. The molecule has 9 heteroatoms. The summed E-state index contributed by atoms with van der Waals surface area (Å²) in [6.45, 7) is 0. The number of hydrogen-bond donors (Lipinski definition) is 1. The number of aromatic nitrogens is 4. The first kappa shape index (κ1) is 17.8. The van der Waals surface area contributed by atoms with Gasteiger partial charge in [0.1, 0.15) is 0 Å². The van der Waals surface area contributed by atoms with Crippen molar-refractivity contribution < 1.29 is 14.3 Å². The Balaban J connectivity index is 1.19. The maximum atomic E-state index is 12.4. The number of tetrazole rings is 1. The van der Waals surface area contributed by atoms with Crippen LogP contribution in [0.1, 0.15) is 57.4 Å². The summed E-state index contributed by atoms with van der Waals surface area (Å²) >= 11 is 1.37. The fraction of sp³-hybridized carbons (Fsp3) is 0.579. The standard InChI is InChI=1S/C19H23N5O3S/c25-17(12-28-18-21-22-23-24(18)14-5-1-2-6-14)20-13-7-8-15-16(11-13)27-19(26-15)9-3-4-10-19/h7-8,11,14H,1-6,9-10,12H2,(H,20,25). The van der Waals surface area contributed by atoms with Gasteiger partial charge in [-0.2, -0.15) is 0 Å². The summed E-state index contributed by atoms with van der Waals surface area (Å²) in [5, 5.41) is 15.6. The molecule has 3 aliphatic rings. The normalized spacial score (nSPS) is 20.1. The number of nitrogens with one attached hydrogen (secondary N) is 1. The maximum absolute atomic E-state index is 12.4. The van der Waals surface area contributed by atoms with Crippen LogP contribution in [-0.2, 0) is 4.79 Å². The molecule has 1 aliphatic heterocycles. The minimum atomic E-state index is -0.488. The average Bonchev–Trinajstić information content (AvgIpc) is 3.47. The largest absolute Gasteiger partial charge is 0.448 e. The Kier molecular flexibility index (Phi) is 4.62. The van der Waals surface area contributed by atoms with Crippen LogP contribution in [-0.4, -0.2) is 37.7 Å². The number of nitrogens with zero attached hydrogens (tertiary/aromatic N) is 4. The SMILES string of the molecule is O=C(CSc1nnnn1C1CCCC1)Nc1ccc2c(c1)OC1(CCCC1)O2. The van der Waals surface area contributed by atoms with Gasteiger partial charge < -0.3 is 14.8 Å². The van der Waals surface area contributed by atoms with E-state index in [0.29, 0.717) is 22.6 Å². The molecular weight excluding hydrogens is 378 g/mol. The molecule has 2 heterocycles. The van der Waals surface area contributed by atoms with E-state index < -0.39 is 5.79 Å². The summed E-state index contributed by atoms with van der Waals surface area (Å²) in [4.78, 5) is 12.4. The van der Waals surface area contributed by atoms with Crippen molar-refractivity contribution in [1.82, 2.24) is 20.2 Å². The number of thioether (sulfide) groups is 1. The van der Waals surface area contributed by atoms with E-state index in [1.165, 1.54) is 24.6 Å². The molecule has 8 nitrogen and oxygen atoms in total. The topological polar surface area (TPSA) is 91.2 Å². The van der Waals surface area contributed by atoms with Crippen LogP contribution in [0.25, 0.3) is 0 Å². The summed E-state index contributed by atoms with van der Waals surface area (Å²) in [7, 11) is 0. The van der Waals surface area contributed by atoms with Crippen LogP contribution in [0, 0.1) is 0 Å². The van der Waals surface area contributed by atoms with E-state index in [0.717, 1.165) is 44.3 Å². The minimum Gasteiger partial charge on any atom is -0.448 e. The summed E-state index contributed by atoms with van der Waals surface area (Å²) < 4.78 is 13.9. The zero-order valence-electron chi connectivity index (χ0n) is 15.6. The molecule has 1 aromatic carbocycles. The van der Waals surface area contributed by atoms with E-state index in [1.54, 1.807) is 0 Å². The molecule has 2 aromatic rings. The predicted molar refractivity (Wildman–Crippen MR) is 104 cm³/mol. The molecule has 5 rings (SSSR count). The molecule has 1 aromatic heterocycles. The Morgan fingerprint density at radius 3 is 2.79 bits per heavy atom. The molecule has 0 atom stereocenters. The van der Waals surface area contributed by atoms with Crippen LogP contribution in [0.5, 0.6) is 11.5 Å². The third-order valence-electron chi connectivity index (χ3n) is 5.65. The van der Waals surface area contributed by atoms with Crippen LogP contribution in [0.15, 0.2) is 23.4 Å². The van der Waals surface area contributed by atoms with Gasteiger partial charge in [-0.3, -0.25) is 4.79 Å². The first-order valence-corrected chi connectivity index (χ1v) is 10.9. The monoisotopic (exact) mass is 401 g/mol. The van der Waals surface area contributed by atoms with E-state index in [-0.39, 0.29) is 11.7 Å². The van der Waals surface area contributed by atoms with E-state index in [9.17, 15) is 4.79 Å². The second-order valence-electron chi connectivity index (χ2n) is 7.66.